The Kier molecular flexibility index (Phi) is 6.93. The van der Waals surface area contributed by atoms with Gasteiger partial charge in [-0.3, -0.25) is 4.79 Å². The third-order valence-electron chi connectivity index (χ3n) is 5.63. The highest BCUT2D eigenvalue weighted by Crippen LogP contribution is 2.33. The van der Waals surface area contributed by atoms with Crippen molar-refractivity contribution in [2.75, 3.05) is 43.6 Å². The van der Waals surface area contributed by atoms with Crippen molar-refractivity contribution in [2.45, 2.75) is 13.5 Å². The summed E-state index contributed by atoms with van der Waals surface area (Å²) in [5, 5.41) is 6.98. The predicted molar refractivity (Wildman–Crippen MR) is 130 cm³/mol. The second-order valence-electron chi connectivity index (χ2n) is 7.84. The molecule has 6 nitrogen and oxygen atoms in total. The zero-order valence-electron chi connectivity index (χ0n) is 18.3. The Bertz CT molecular complexity index is 1100. The average molecular weight is 451 g/mol. The van der Waals surface area contributed by atoms with Gasteiger partial charge in [-0.1, -0.05) is 29.8 Å². The summed E-state index contributed by atoms with van der Waals surface area (Å²) in [6, 6.07) is 15.8. The van der Waals surface area contributed by atoms with E-state index in [4.69, 9.17) is 16.3 Å². The first-order valence-electron chi connectivity index (χ1n) is 10.7. The summed E-state index contributed by atoms with van der Waals surface area (Å²) in [5.41, 5.74) is 6.13. The number of fused-ring (bicyclic) bond motifs is 1. The van der Waals surface area contributed by atoms with Crippen LogP contribution >= 0.6 is 11.6 Å². The number of benzene rings is 2. The number of carbonyl (C=O) groups is 1. The first-order chi connectivity index (χ1) is 15.5. The van der Waals surface area contributed by atoms with Crippen LogP contribution in [0, 0.1) is 6.92 Å². The third kappa shape index (κ3) is 5.03. The van der Waals surface area contributed by atoms with Crippen LogP contribution in [0.4, 0.5) is 11.5 Å². The number of rotatable bonds is 7. The Morgan fingerprint density at radius 3 is 2.78 bits per heavy atom. The molecule has 2 aromatic carbocycles. The molecule has 0 fully saturated rings. The van der Waals surface area contributed by atoms with Gasteiger partial charge in [0.1, 0.15) is 5.82 Å². The highest BCUT2D eigenvalue weighted by Gasteiger charge is 2.19. The Morgan fingerprint density at radius 2 is 2.00 bits per heavy atom. The lowest BCUT2D eigenvalue weighted by molar-refractivity contribution is 0.0937. The largest absolute Gasteiger partial charge is 0.383 e. The molecule has 0 atom stereocenters. The maximum atomic E-state index is 12.2. The van der Waals surface area contributed by atoms with E-state index >= 15 is 0 Å². The van der Waals surface area contributed by atoms with Crippen LogP contribution in [0.15, 0.2) is 54.7 Å². The summed E-state index contributed by atoms with van der Waals surface area (Å²) in [5.74, 6) is 0.776. The number of amides is 1. The third-order valence-corrected chi connectivity index (χ3v) is 5.86. The molecule has 1 amide bonds. The zero-order valence-corrected chi connectivity index (χ0v) is 19.1. The SMILES string of the molecule is COCCNC(=O)c1ccc(-c2cnc3c(c2)N(Cc2cc(Cl)ccc2C)CCN3)cc1. The second-order valence-corrected chi connectivity index (χ2v) is 8.27. The topological polar surface area (TPSA) is 66.5 Å². The van der Waals surface area contributed by atoms with Gasteiger partial charge in [0.15, 0.2) is 0 Å². The molecule has 1 aliphatic heterocycles. The fraction of sp³-hybridized carbons (Fsp3) is 0.280. The molecule has 1 aromatic heterocycles. The van der Waals surface area contributed by atoms with E-state index in [1.807, 2.05) is 42.6 Å². The molecule has 2 heterocycles. The number of pyridine rings is 1. The van der Waals surface area contributed by atoms with Crippen LogP contribution in [0.5, 0.6) is 0 Å². The maximum Gasteiger partial charge on any atom is 0.251 e. The zero-order chi connectivity index (χ0) is 22.5. The Labute approximate surface area is 193 Å². The normalized spacial score (nSPS) is 12.8. The maximum absolute atomic E-state index is 12.2. The molecule has 0 radical (unpaired) electrons. The number of aryl methyl sites for hydroxylation is 1. The molecule has 0 saturated carbocycles. The fourth-order valence-electron chi connectivity index (χ4n) is 3.78. The van der Waals surface area contributed by atoms with E-state index in [0.29, 0.717) is 18.7 Å². The lowest BCUT2D eigenvalue weighted by Crippen LogP contribution is -2.34. The Hall–Kier alpha value is -3.09. The smallest absolute Gasteiger partial charge is 0.251 e. The van der Waals surface area contributed by atoms with E-state index in [0.717, 1.165) is 47.3 Å². The van der Waals surface area contributed by atoms with Gasteiger partial charge >= 0.3 is 0 Å². The van der Waals surface area contributed by atoms with E-state index in [9.17, 15) is 4.79 Å². The van der Waals surface area contributed by atoms with Crippen LogP contribution in [0.2, 0.25) is 5.02 Å². The van der Waals surface area contributed by atoms with Gasteiger partial charge in [-0.2, -0.15) is 0 Å². The molecule has 0 aliphatic carbocycles. The van der Waals surface area contributed by atoms with Crippen molar-refractivity contribution in [3.63, 3.8) is 0 Å². The lowest BCUT2D eigenvalue weighted by Gasteiger charge is -2.32. The first kappa shape index (κ1) is 22.1. The van der Waals surface area contributed by atoms with Gasteiger partial charge in [0, 0.05) is 55.6 Å². The van der Waals surface area contributed by atoms with Crippen molar-refractivity contribution in [3.8, 4) is 11.1 Å². The van der Waals surface area contributed by atoms with Crippen LogP contribution in [-0.4, -0.2) is 44.2 Å². The standard InChI is InChI=1S/C25H27ClN4O2/c1-17-3-8-22(26)13-21(17)16-30-11-9-27-24-23(30)14-20(15-29-24)18-4-6-19(7-5-18)25(31)28-10-12-32-2/h3-8,13-15H,9-12,16H2,1-2H3,(H,27,29)(H,28,31). The van der Waals surface area contributed by atoms with Gasteiger partial charge in [0.05, 0.1) is 12.3 Å². The number of anilines is 2. The minimum atomic E-state index is -0.107. The van der Waals surface area contributed by atoms with E-state index in [-0.39, 0.29) is 5.91 Å². The minimum Gasteiger partial charge on any atom is -0.383 e. The molecule has 0 saturated heterocycles. The molecule has 3 aromatic rings. The number of methoxy groups -OCH3 is 1. The van der Waals surface area contributed by atoms with E-state index in [1.165, 1.54) is 11.1 Å². The van der Waals surface area contributed by atoms with Crippen molar-refractivity contribution in [1.82, 2.24) is 10.3 Å². The molecule has 4 rings (SSSR count). The molecule has 1 aliphatic rings. The number of aromatic nitrogens is 1. The summed E-state index contributed by atoms with van der Waals surface area (Å²) >= 11 is 6.23. The van der Waals surface area contributed by atoms with Crippen molar-refractivity contribution in [3.05, 3.63) is 76.4 Å². The number of nitrogens with one attached hydrogen (secondary N) is 2. The lowest BCUT2D eigenvalue weighted by atomic mass is 10.0. The highest BCUT2D eigenvalue weighted by molar-refractivity contribution is 6.30. The molecule has 2 N–H and O–H groups in total. The predicted octanol–water partition coefficient (Wildman–Crippen LogP) is 4.52. The van der Waals surface area contributed by atoms with Crippen LogP contribution in [0.3, 0.4) is 0 Å². The van der Waals surface area contributed by atoms with Crippen LogP contribution < -0.4 is 15.5 Å². The van der Waals surface area contributed by atoms with Crippen molar-refractivity contribution in [1.29, 1.82) is 0 Å². The molecule has 166 valence electrons. The van der Waals surface area contributed by atoms with Crippen LogP contribution in [0.1, 0.15) is 21.5 Å². The van der Waals surface area contributed by atoms with Gasteiger partial charge in [0.25, 0.3) is 5.91 Å². The summed E-state index contributed by atoms with van der Waals surface area (Å²) in [4.78, 5) is 19.2. The average Bonchev–Trinajstić information content (AvgIpc) is 2.81. The highest BCUT2D eigenvalue weighted by atomic mass is 35.5. The Morgan fingerprint density at radius 1 is 1.19 bits per heavy atom. The second kappa shape index (κ2) is 10.0. The Balaban J connectivity index is 1.55. The van der Waals surface area contributed by atoms with E-state index in [2.05, 4.69) is 39.6 Å². The van der Waals surface area contributed by atoms with Gasteiger partial charge in [0.2, 0.25) is 0 Å². The molecule has 0 unspecified atom stereocenters. The summed E-state index contributed by atoms with van der Waals surface area (Å²) in [6.07, 6.45) is 1.87. The van der Waals surface area contributed by atoms with Crippen molar-refractivity contribution in [2.24, 2.45) is 0 Å². The van der Waals surface area contributed by atoms with Gasteiger partial charge in [-0.05, 0) is 53.9 Å². The molecule has 0 spiro atoms. The molecular weight excluding hydrogens is 424 g/mol. The quantitative estimate of drug-likeness (QED) is 0.518. The first-order valence-corrected chi connectivity index (χ1v) is 11.0. The summed E-state index contributed by atoms with van der Waals surface area (Å²) < 4.78 is 4.97. The van der Waals surface area contributed by atoms with Crippen molar-refractivity contribution < 1.29 is 9.53 Å². The molecule has 7 heteroatoms. The van der Waals surface area contributed by atoms with Gasteiger partial charge < -0.3 is 20.3 Å². The molecule has 32 heavy (non-hydrogen) atoms. The minimum absolute atomic E-state index is 0.107. The van der Waals surface area contributed by atoms with Crippen LogP contribution in [-0.2, 0) is 11.3 Å². The number of hydrogen-bond acceptors (Lipinski definition) is 5. The van der Waals surface area contributed by atoms with Crippen molar-refractivity contribution >= 4 is 29.0 Å². The number of ether oxygens (including phenoxy) is 1. The molecule has 0 bridgehead atoms. The number of halogens is 1. The van der Waals surface area contributed by atoms with Gasteiger partial charge in [-0.15, -0.1) is 0 Å². The fourth-order valence-corrected chi connectivity index (χ4v) is 3.98. The number of hydrogen-bond donors (Lipinski definition) is 2. The van der Waals surface area contributed by atoms with E-state index in [1.54, 1.807) is 7.11 Å². The van der Waals surface area contributed by atoms with Gasteiger partial charge in [-0.25, -0.2) is 4.98 Å². The summed E-state index contributed by atoms with van der Waals surface area (Å²) in [6.45, 7) is 5.57. The number of nitrogens with zero attached hydrogens (tertiary/aromatic N) is 2. The molecular formula is C25H27ClN4O2. The monoisotopic (exact) mass is 450 g/mol. The summed E-state index contributed by atoms with van der Waals surface area (Å²) in [7, 11) is 1.61. The van der Waals surface area contributed by atoms with Crippen LogP contribution in [0.25, 0.3) is 11.1 Å². The number of carbonyl (C=O) groups excluding carboxylic acids is 1. The van der Waals surface area contributed by atoms with E-state index < -0.39 is 0 Å².